The molecule has 0 saturated heterocycles. The standard InChI is InChI=1S/C12H14FNO2/c1-2-16-14-12(15)10-7-9(10)8-5-3-4-6-11(8)13/h3-6,9-10H,2,7H2,1H3,(H,14,15)/t9-,10+/m1/s1. The maximum atomic E-state index is 13.4. The molecule has 0 bridgehead atoms. The molecule has 1 fully saturated rings. The van der Waals surface area contributed by atoms with Crippen LogP contribution in [0.3, 0.4) is 0 Å². The van der Waals surface area contributed by atoms with Crippen LogP contribution < -0.4 is 5.48 Å². The molecule has 0 aliphatic heterocycles. The Hall–Kier alpha value is -1.42. The van der Waals surface area contributed by atoms with Gasteiger partial charge < -0.3 is 0 Å². The Morgan fingerprint density at radius 1 is 1.56 bits per heavy atom. The molecular formula is C12H14FNO2. The number of hydrogen-bond donors (Lipinski definition) is 1. The van der Waals surface area contributed by atoms with Gasteiger partial charge in [-0.25, -0.2) is 9.87 Å². The highest BCUT2D eigenvalue weighted by atomic mass is 19.1. The Morgan fingerprint density at radius 2 is 2.31 bits per heavy atom. The highest BCUT2D eigenvalue weighted by Gasteiger charge is 2.45. The number of hydrogen-bond acceptors (Lipinski definition) is 2. The second-order valence-electron chi connectivity index (χ2n) is 3.87. The molecule has 16 heavy (non-hydrogen) atoms. The van der Waals surface area contributed by atoms with Gasteiger partial charge in [0.2, 0.25) is 5.91 Å². The van der Waals surface area contributed by atoms with E-state index in [1.165, 1.54) is 6.07 Å². The molecule has 86 valence electrons. The summed E-state index contributed by atoms with van der Waals surface area (Å²) in [7, 11) is 0. The van der Waals surface area contributed by atoms with E-state index in [9.17, 15) is 9.18 Å². The topological polar surface area (TPSA) is 38.3 Å². The fourth-order valence-corrected chi connectivity index (χ4v) is 1.82. The fourth-order valence-electron chi connectivity index (χ4n) is 1.82. The molecule has 2 rings (SSSR count). The molecule has 1 aromatic carbocycles. The minimum Gasteiger partial charge on any atom is -0.274 e. The molecule has 0 radical (unpaired) electrons. The second-order valence-corrected chi connectivity index (χ2v) is 3.87. The monoisotopic (exact) mass is 223 g/mol. The van der Waals surface area contributed by atoms with Crippen LogP contribution in [0.5, 0.6) is 0 Å². The molecule has 1 N–H and O–H groups in total. The number of rotatable bonds is 4. The van der Waals surface area contributed by atoms with E-state index < -0.39 is 0 Å². The quantitative estimate of drug-likeness (QED) is 0.793. The van der Waals surface area contributed by atoms with Gasteiger partial charge in [0, 0.05) is 5.92 Å². The van der Waals surface area contributed by atoms with Gasteiger partial charge in [0.15, 0.2) is 0 Å². The first-order valence-electron chi connectivity index (χ1n) is 5.40. The summed E-state index contributed by atoms with van der Waals surface area (Å²) >= 11 is 0. The van der Waals surface area contributed by atoms with E-state index >= 15 is 0 Å². The lowest BCUT2D eigenvalue weighted by Crippen LogP contribution is -2.25. The summed E-state index contributed by atoms with van der Waals surface area (Å²) in [6, 6.07) is 6.59. The van der Waals surface area contributed by atoms with Crippen molar-refractivity contribution in [3.63, 3.8) is 0 Å². The lowest BCUT2D eigenvalue weighted by molar-refractivity contribution is -0.134. The smallest absolute Gasteiger partial charge is 0.247 e. The largest absolute Gasteiger partial charge is 0.274 e. The average Bonchev–Trinajstić information content (AvgIpc) is 3.06. The minimum atomic E-state index is -0.237. The summed E-state index contributed by atoms with van der Waals surface area (Å²) in [6.45, 7) is 2.23. The lowest BCUT2D eigenvalue weighted by Gasteiger charge is -2.03. The highest BCUT2D eigenvalue weighted by molar-refractivity contribution is 5.81. The molecule has 1 aromatic rings. The molecule has 2 atom stereocenters. The van der Waals surface area contributed by atoms with Crippen molar-refractivity contribution in [2.24, 2.45) is 5.92 Å². The van der Waals surface area contributed by atoms with Crippen LogP contribution in [0, 0.1) is 11.7 Å². The number of halogens is 1. The van der Waals surface area contributed by atoms with Crippen LogP contribution in [0.2, 0.25) is 0 Å². The molecule has 0 unspecified atom stereocenters. The highest BCUT2D eigenvalue weighted by Crippen LogP contribution is 2.48. The third-order valence-corrected chi connectivity index (χ3v) is 2.75. The van der Waals surface area contributed by atoms with Crippen LogP contribution in [0.15, 0.2) is 24.3 Å². The number of nitrogens with one attached hydrogen (secondary N) is 1. The van der Waals surface area contributed by atoms with Crippen LogP contribution in [0.25, 0.3) is 0 Å². The first-order valence-corrected chi connectivity index (χ1v) is 5.40. The van der Waals surface area contributed by atoms with E-state index in [1.807, 2.05) is 0 Å². The molecule has 0 spiro atoms. The summed E-state index contributed by atoms with van der Waals surface area (Å²) in [6.07, 6.45) is 0.694. The maximum absolute atomic E-state index is 13.4. The van der Waals surface area contributed by atoms with Crippen molar-refractivity contribution in [3.8, 4) is 0 Å². The first-order chi connectivity index (χ1) is 7.74. The van der Waals surface area contributed by atoms with Gasteiger partial charge in [0.05, 0.1) is 6.61 Å². The van der Waals surface area contributed by atoms with E-state index in [2.05, 4.69) is 5.48 Å². The van der Waals surface area contributed by atoms with Crippen LogP contribution in [-0.4, -0.2) is 12.5 Å². The fraction of sp³-hybridized carbons (Fsp3) is 0.417. The summed E-state index contributed by atoms with van der Waals surface area (Å²) < 4.78 is 13.4. The van der Waals surface area contributed by atoms with E-state index in [0.29, 0.717) is 18.6 Å². The van der Waals surface area contributed by atoms with E-state index in [0.717, 1.165) is 0 Å². The lowest BCUT2D eigenvalue weighted by atomic mass is 10.1. The SMILES string of the molecule is CCONC(=O)[C@H]1C[C@@H]1c1ccccc1F. The molecule has 1 aliphatic carbocycles. The Morgan fingerprint density at radius 3 is 3.00 bits per heavy atom. The van der Waals surface area contributed by atoms with Crippen LogP contribution in [-0.2, 0) is 9.63 Å². The molecule has 0 heterocycles. The van der Waals surface area contributed by atoms with Crippen molar-refractivity contribution < 1.29 is 14.0 Å². The van der Waals surface area contributed by atoms with Crippen molar-refractivity contribution in [1.82, 2.24) is 5.48 Å². The van der Waals surface area contributed by atoms with Gasteiger partial charge in [0.1, 0.15) is 5.82 Å². The van der Waals surface area contributed by atoms with Crippen molar-refractivity contribution in [3.05, 3.63) is 35.6 Å². The summed E-state index contributed by atoms with van der Waals surface area (Å²) in [5, 5.41) is 0. The van der Waals surface area contributed by atoms with Crippen LogP contribution >= 0.6 is 0 Å². The van der Waals surface area contributed by atoms with E-state index in [-0.39, 0.29) is 23.6 Å². The number of carbonyl (C=O) groups is 1. The van der Waals surface area contributed by atoms with Crippen molar-refractivity contribution in [1.29, 1.82) is 0 Å². The Bertz CT molecular complexity index is 394. The summed E-state index contributed by atoms with van der Waals surface area (Å²) in [4.78, 5) is 16.3. The van der Waals surface area contributed by atoms with Gasteiger partial charge in [-0.15, -0.1) is 0 Å². The summed E-state index contributed by atoms with van der Waals surface area (Å²) in [5.41, 5.74) is 2.98. The van der Waals surface area contributed by atoms with Crippen molar-refractivity contribution >= 4 is 5.91 Å². The van der Waals surface area contributed by atoms with Gasteiger partial charge in [-0.3, -0.25) is 9.63 Å². The van der Waals surface area contributed by atoms with Crippen molar-refractivity contribution in [2.75, 3.05) is 6.61 Å². The molecule has 1 aliphatic rings. The molecule has 4 heteroatoms. The minimum absolute atomic E-state index is 0.00153. The molecule has 1 amide bonds. The summed E-state index contributed by atoms with van der Waals surface area (Å²) in [5.74, 6) is -0.542. The van der Waals surface area contributed by atoms with Gasteiger partial charge >= 0.3 is 0 Å². The van der Waals surface area contributed by atoms with Gasteiger partial charge in [-0.05, 0) is 30.9 Å². The third kappa shape index (κ3) is 2.22. The predicted molar refractivity (Wildman–Crippen MR) is 57.0 cm³/mol. The number of hydroxylamine groups is 1. The molecule has 1 saturated carbocycles. The van der Waals surface area contributed by atoms with Gasteiger partial charge in [-0.1, -0.05) is 18.2 Å². The van der Waals surface area contributed by atoms with Gasteiger partial charge in [0.25, 0.3) is 0 Å². The molecular weight excluding hydrogens is 209 g/mol. The zero-order chi connectivity index (χ0) is 11.5. The second kappa shape index (κ2) is 4.61. The average molecular weight is 223 g/mol. The molecule has 3 nitrogen and oxygen atoms in total. The Kier molecular flexibility index (Phi) is 3.19. The number of carbonyl (C=O) groups excluding carboxylic acids is 1. The van der Waals surface area contributed by atoms with E-state index in [4.69, 9.17) is 4.84 Å². The number of amides is 1. The Balaban J connectivity index is 1.96. The first kappa shape index (κ1) is 11.1. The van der Waals surface area contributed by atoms with Crippen LogP contribution in [0.1, 0.15) is 24.8 Å². The third-order valence-electron chi connectivity index (χ3n) is 2.75. The normalized spacial score (nSPS) is 22.9. The van der Waals surface area contributed by atoms with E-state index in [1.54, 1.807) is 25.1 Å². The number of benzene rings is 1. The predicted octanol–water partition coefficient (Wildman–Crippen LogP) is 2.00. The zero-order valence-corrected chi connectivity index (χ0v) is 9.07. The van der Waals surface area contributed by atoms with Crippen LogP contribution in [0.4, 0.5) is 4.39 Å². The zero-order valence-electron chi connectivity index (χ0n) is 9.07. The van der Waals surface area contributed by atoms with Gasteiger partial charge in [-0.2, -0.15) is 0 Å². The van der Waals surface area contributed by atoms with Crippen molar-refractivity contribution in [2.45, 2.75) is 19.3 Å². The maximum Gasteiger partial charge on any atom is 0.247 e. The Labute approximate surface area is 93.6 Å². The molecule has 0 aromatic heterocycles.